The maximum atomic E-state index is 14.7. The molecule has 0 N–H and O–H groups in total. The summed E-state index contributed by atoms with van der Waals surface area (Å²) in [5.74, 6) is 37.8. The van der Waals surface area contributed by atoms with Crippen molar-refractivity contribution in [2.45, 2.75) is 162 Å². The summed E-state index contributed by atoms with van der Waals surface area (Å²) in [5, 5.41) is 20.1. The van der Waals surface area contributed by atoms with Crippen LogP contribution in [0, 0.1) is 147 Å². The van der Waals surface area contributed by atoms with Crippen LogP contribution in [0.25, 0.3) is 97.0 Å². The van der Waals surface area contributed by atoms with Crippen molar-refractivity contribution in [1.29, 1.82) is 0 Å². The van der Waals surface area contributed by atoms with Crippen LogP contribution in [0.15, 0.2) is 182 Å². The molecule has 118 heavy (non-hydrogen) atoms. The number of hydrogen-bond donors (Lipinski definition) is 0. The SMILES string of the molecule is Cc1cccc2c(C#Cc3cc(C#Cc4cc5cc(C#C[Si](C)(C)C)c6cccc(C)c6c5c5c(C)cccc45)cc(C(=O)OCC(CC(C)C)CC(C)C)c3)cc3cc(C#Cc4cc(C#Cc5cc6cc(C#C[Si](C)(C)C)c7cccc(C)c7c6c6c(C)cccc56)cc(C(=O)OCC(CC(C)C)CC(C)C)c4)c4cccc(C)c4c3c12. The van der Waals surface area contributed by atoms with Crippen molar-refractivity contribution in [3.8, 4) is 70.3 Å². The van der Waals surface area contributed by atoms with E-state index >= 15 is 0 Å². The number of fused-ring (bicyclic) bond motifs is 15. The molecule has 0 aliphatic carbocycles. The highest BCUT2D eigenvalue weighted by molar-refractivity contribution is 6.84. The van der Waals surface area contributed by atoms with Gasteiger partial charge in [0.25, 0.3) is 0 Å². The maximum absolute atomic E-state index is 14.7. The molecule has 0 amide bonds. The summed E-state index contributed by atoms with van der Waals surface area (Å²) >= 11 is 0. The molecule has 0 saturated carbocycles. The van der Waals surface area contributed by atoms with Crippen LogP contribution in [-0.2, 0) is 9.47 Å². The van der Waals surface area contributed by atoms with Gasteiger partial charge in [0.05, 0.1) is 24.3 Å². The van der Waals surface area contributed by atoms with Gasteiger partial charge in [0.2, 0.25) is 0 Å². The largest absolute Gasteiger partial charge is 0.462 e. The molecule has 0 radical (unpaired) electrons. The summed E-state index contributed by atoms with van der Waals surface area (Å²) in [6.07, 6.45) is 3.83. The molecule has 6 heteroatoms. The monoisotopic (exact) mass is 1570 g/mol. The second-order valence-corrected chi connectivity index (χ2v) is 46.4. The molecule has 0 aliphatic heterocycles. The third-order valence-electron chi connectivity index (χ3n) is 22.5. The van der Waals surface area contributed by atoms with E-state index < -0.39 is 28.1 Å². The zero-order chi connectivity index (χ0) is 83.8. The fourth-order valence-corrected chi connectivity index (χ4v) is 18.7. The lowest BCUT2D eigenvalue weighted by Gasteiger charge is -2.20. The van der Waals surface area contributed by atoms with Crippen molar-refractivity contribution in [3.05, 3.63) is 282 Å². The lowest BCUT2D eigenvalue weighted by Crippen LogP contribution is -2.18. The molecular weight excluding hydrogens is 1470 g/mol. The van der Waals surface area contributed by atoms with Gasteiger partial charge >= 0.3 is 11.9 Å². The molecule has 14 aromatic carbocycles. The molecule has 0 aliphatic rings. The zero-order valence-electron chi connectivity index (χ0n) is 72.7. The van der Waals surface area contributed by atoms with Crippen LogP contribution in [0.1, 0.15) is 191 Å². The molecular formula is C112H108O4Si2. The van der Waals surface area contributed by atoms with Gasteiger partial charge in [-0.15, -0.1) is 11.1 Å². The topological polar surface area (TPSA) is 52.6 Å². The van der Waals surface area contributed by atoms with E-state index in [-0.39, 0.29) is 11.8 Å². The zero-order valence-corrected chi connectivity index (χ0v) is 74.7. The molecule has 0 saturated heterocycles. The Hall–Kier alpha value is -11.8. The highest BCUT2D eigenvalue weighted by Gasteiger charge is 2.24. The summed E-state index contributed by atoms with van der Waals surface area (Å²) in [4.78, 5) is 29.5. The van der Waals surface area contributed by atoms with E-state index in [1.165, 1.54) is 54.6 Å². The number of rotatable bonds is 14. The first kappa shape index (κ1) is 82.7. The number of esters is 2. The average Bonchev–Trinajstić information content (AvgIpc) is 0.739. The second kappa shape index (κ2) is 34.4. The molecule has 0 heterocycles. The van der Waals surface area contributed by atoms with Crippen molar-refractivity contribution in [2.24, 2.45) is 35.5 Å². The predicted molar refractivity (Wildman–Crippen MR) is 508 cm³/mol. The van der Waals surface area contributed by atoms with Crippen LogP contribution < -0.4 is 0 Å². The number of ether oxygens (including phenoxy) is 2. The van der Waals surface area contributed by atoms with E-state index in [9.17, 15) is 9.59 Å². The molecule has 588 valence electrons. The normalized spacial score (nSPS) is 11.7. The highest BCUT2D eigenvalue weighted by Crippen LogP contribution is 2.43. The van der Waals surface area contributed by atoms with Gasteiger partial charge in [0.1, 0.15) is 16.1 Å². The third-order valence-corrected chi connectivity index (χ3v) is 24.3. The summed E-state index contributed by atoms with van der Waals surface area (Å²) < 4.78 is 12.7. The van der Waals surface area contributed by atoms with Gasteiger partial charge in [-0.1, -0.05) is 263 Å². The molecule has 14 aromatic rings. The van der Waals surface area contributed by atoms with E-state index in [0.29, 0.717) is 70.3 Å². The molecule has 0 atom stereocenters. The number of aryl methyl sites for hydroxylation is 6. The van der Waals surface area contributed by atoms with Crippen molar-refractivity contribution >= 4 is 125 Å². The Labute approximate surface area is 702 Å². The Morgan fingerprint density at radius 1 is 0.280 bits per heavy atom. The molecule has 0 bridgehead atoms. The van der Waals surface area contributed by atoms with Crippen molar-refractivity contribution in [1.82, 2.24) is 0 Å². The van der Waals surface area contributed by atoms with E-state index in [1.54, 1.807) is 0 Å². The quantitative estimate of drug-likeness (QED) is 0.0471. The van der Waals surface area contributed by atoms with Crippen LogP contribution in [0.5, 0.6) is 0 Å². The van der Waals surface area contributed by atoms with Crippen LogP contribution in [-0.4, -0.2) is 41.3 Å². The molecule has 4 nitrogen and oxygen atoms in total. The summed E-state index contributed by atoms with van der Waals surface area (Å²) in [7, 11) is -3.46. The minimum atomic E-state index is -1.73. The number of hydrogen-bond acceptors (Lipinski definition) is 4. The number of benzene rings is 14. The van der Waals surface area contributed by atoms with Gasteiger partial charge < -0.3 is 9.47 Å². The van der Waals surface area contributed by atoms with Crippen LogP contribution >= 0.6 is 0 Å². The van der Waals surface area contributed by atoms with E-state index in [4.69, 9.17) is 9.47 Å². The standard InChI is InChI=1S/C112H108O4Si2/c1-69(2)51-83(52-70(3)4)67-115-111(113)94-57-79(55-81(59-94)41-45-87-63-92-65-89(47-49-117(15,16)17)100-37-25-31-77(13)106(100)109(92)104-75(11)29-23-35-98(87)104)39-43-85-61-91-62-86(97-34-22-28-74(10)103(97)108(91)102-73(9)27-21-33-96(85)102)44-40-80-56-82(60-95(58-80)112(114)116-68-84(53-71(5)6)54-72(7)8)42-46-88-64-93-66-90(48-50-118(18,19)20)101-38-26-32-78(14)107(101)110(93)105-76(12)30-24-36-99(88)105/h21-38,55-66,69-72,83-84H,51-54,67-68H2,1-20H3. The smallest absolute Gasteiger partial charge is 0.338 e. The molecule has 14 rings (SSSR count). The van der Waals surface area contributed by atoms with Gasteiger partial charge in [-0.05, 0) is 306 Å². The lowest BCUT2D eigenvalue weighted by atomic mass is 9.88. The second-order valence-electron chi connectivity index (χ2n) is 36.9. The Balaban J connectivity index is 0.912. The first-order valence-electron chi connectivity index (χ1n) is 42.2. The minimum Gasteiger partial charge on any atom is -0.462 e. The Kier molecular flexibility index (Phi) is 24.1. The summed E-state index contributed by atoms with van der Waals surface area (Å²) in [6, 6.07) is 63.8. The van der Waals surface area contributed by atoms with E-state index in [1.807, 2.05) is 36.4 Å². The average molecular weight is 1570 g/mol. The van der Waals surface area contributed by atoms with E-state index in [0.717, 1.165) is 135 Å². The summed E-state index contributed by atoms with van der Waals surface area (Å²) in [5.41, 5.74) is 23.1. The van der Waals surface area contributed by atoms with Gasteiger partial charge in [-0.25, -0.2) is 9.59 Å². The maximum Gasteiger partial charge on any atom is 0.338 e. The first-order valence-corrected chi connectivity index (χ1v) is 49.2. The molecule has 0 aromatic heterocycles. The number of carbonyl (C=O) groups is 2. The highest BCUT2D eigenvalue weighted by atomic mass is 28.3. The van der Waals surface area contributed by atoms with E-state index in [2.05, 4.69) is 352 Å². The molecule has 0 fully saturated rings. The Bertz CT molecular complexity index is 6460. The third kappa shape index (κ3) is 18.3. The minimum absolute atomic E-state index is 0.221. The first-order chi connectivity index (χ1) is 56.3. The van der Waals surface area contributed by atoms with Crippen LogP contribution in [0.4, 0.5) is 0 Å². The van der Waals surface area contributed by atoms with Crippen molar-refractivity contribution in [3.63, 3.8) is 0 Å². The van der Waals surface area contributed by atoms with Gasteiger partial charge in [-0.3, -0.25) is 0 Å². The Morgan fingerprint density at radius 2 is 0.492 bits per heavy atom. The fraction of sp³-hybridized carbons (Fsp3) is 0.286. The van der Waals surface area contributed by atoms with Crippen LogP contribution in [0.3, 0.4) is 0 Å². The fourth-order valence-electron chi connectivity index (χ4n) is 17.7. The number of carbonyl (C=O) groups excluding carboxylic acids is 2. The Morgan fingerprint density at radius 3 is 0.695 bits per heavy atom. The molecule has 0 unspecified atom stereocenters. The van der Waals surface area contributed by atoms with Crippen molar-refractivity contribution < 1.29 is 19.1 Å². The molecule has 0 spiro atoms. The van der Waals surface area contributed by atoms with Crippen molar-refractivity contribution in [2.75, 3.05) is 13.2 Å². The van der Waals surface area contributed by atoms with Gasteiger partial charge in [0.15, 0.2) is 0 Å². The predicted octanol–water partition coefficient (Wildman–Crippen LogP) is 27.7. The van der Waals surface area contributed by atoms with Gasteiger partial charge in [0, 0.05) is 55.6 Å². The van der Waals surface area contributed by atoms with Crippen LogP contribution in [0.2, 0.25) is 39.3 Å². The summed E-state index contributed by atoms with van der Waals surface area (Å²) in [6.45, 7) is 45.3. The van der Waals surface area contributed by atoms with Gasteiger partial charge in [-0.2, -0.15) is 0 Å². The lowest BCUT2D eigenvalue weighted by molar-refractivity contribution is 0.0398.